The molecule has 26 heavy (non-hydrogen) atoms. The van der Waals surface area contributed by atoms with Crippen molar-refractivity contribution in [3.05, 3.63) is 51.7 Å². The molecule has 2 aliphatic heterocycles. The molecule has 0 saturated heterocycles. The summed E-state index contributed by atoms with van der Waals surface area (Å²) >= 11 is 1.60. The summed E-state index contributed by atoms with van der Waals surface area (Å²) in [5.74, 6) is 0.706. The molecule has 1 aromatic heterocycles. The molecule has 7 heteroatoms. The van der Waals surface area contributed by atoms with E-state index >= 15 is 0 Å². The minimum absolute atomic E-state index is 0.207. The van der Waals surface area contributed by atoms with Crippen LogP contribution in [0.4, 0.5) is 0 Å². The lowest BCUT2D eigenvalue weighted by molar-refractivity contribution is -0.152. The summed E-state index contributed by atoms with van der Waals surface area (Å²) in [7, 11) is 1.34. The normalized spacial score (nSPS) is 18.0. The van der Waals surface area contributed by atoms with Crippen molar-refractivity contribution >= 4 is 29.3 Å². The second kappa shape index (κ2) is 6.84. The van der Waals surface area contributed by atoms with Crippen molar-refractivity contribution in [3.63, 3.8) is 0 Å². The van der Waals surface area contributed by atoms with Crippen LogP contribution >= 0.6 is 11.3 Å². The van der Waals surface area contributed by atoms with Gasteiger partial charge in [0.15, 0.2) is 17.5 Å². The maximum absolute atomic E-state index is 12.7. The highest BCUT2D eigenvalue weighted by molar-refractivity contribution is 7.10. The number of amides is 1. The Bertz CT molecular complexity index is 888. The van der Waals surface area contributed by atoms with Crippen LogP contribution in [0.2, 0.25) is 0 Å². The first-order valence-electron chi connectivity index (χ1n) is 8.20. The first-order valence-corrected chi connectivity index (χ1v) is 9.08. The van der Waals surface area contributed by atoms with Crippen LogP contribution in [0.3, 0.4) is 0 Å². The summed E-state index contributed by atoms with van der Waals surface area (Å²) in [6.07, 6.45) is 3.93. The average molecular weight is 371 g/mol. The van der Waals surface area contributed by atoms with Gasteiger partial charge in [-0.05, 0) is 47.2 Å². The van der Waals surface area contributed by atoms with Crippen LogP contribution < -0.4 is 9.47 Å². The highest BCUT2D eigenvalue weighted by atomic mass is 32.1. The molecule has 0 radical (unpaired) electrons. The SMILES string of the molecule is COC(=O)[C@H]1c2ccsc2CCN1C(=O)/C=C/c1ccc2c(c1)OCO2. The fourth-order valence-electron chi connectivity index (χ4n) is 3.20. The largest absolute Gasteiger partial charge is 0.467 e. The first-order chi connectivity index (χ1) is 12.7. The maximum Gasteiger partial charge on any atom is 0.333 e. The van der Waals surface area contributed by atoms with Crippen LogP contribution in [0.5, 0.6) is 11.5 Å². The van der Waals surface area contributed by atoms with Gasteiger partial charge >= 0.3 is 5.97 Å². The topological polar surface area (TPSA) is 65.1 Å². The summed E-state index contributed by atoms with van der Waals surface area (Å²) in [4.78, 5) is 27.7. The van der Waals surface area contributed by atoms with Gasteiger partial charge in [0.05, 0.1) is 7.11 Å². The lowest BCUT2D eigenvalue weighted by Crippen LogP contribution is -2.42. The molecule has 3 heterocycles. The van der Waals surface area contributed by atoms with Crippen molar-refractivity contribution in [3.8, 4) is 11.5 Å². The molecular formula is C19H17NO5S. The molecule has 1 amide bonds. The predicted molar refractivity (Wildman–Crippen MR) is 96.1 cm³/mol. The Hall–Kier alpha value is -2.80. The zero-order valence-electron chi connectivity index (χ0n) is 14.1. The lowest BCUT2D eigenvalue weighted by atomic mass is 9.99. The van der Waals surface area contributed by atoms with Gasteiger partial charge in [-0.15, -0.1) is 11.3 Å². The Morgan fingerprint density at radius 2 is 2.12 bits per heavy atom. The number of hydrogen-bond acceptors (Lipinski definition) is 6. The Balaban J connectivity index is 1.56. The number of nitrogens with zero attached hydrogens (tertiary/aromatic N) is 1. The smallest absolute Gasteiger partial charge is 0.333 e. The quantitative estimate of drug-likeness (QED) is 0.613. The molecule has 0 N–H and O–H groups in total. The Morgan fingerprint density at radius 1 is 1.27 bits per heavy atom. The molecule has 0 unspecified atom stereocenters. The summed E-state index contributed by atoms with van der Waals surface area (Å²) in [6.45, 7) is 0.691. The number of hydrogen-bond donors (Lipinski definition) is 0. The molecule has 2 aliphatic rings. The number of thiophene rings is 1. The Morgan fingerprint density at radius 3 is 2.96 bits per heavy atom. The van der Waals surface area contributed by atoms with Crippen LogP contribution in [0.25, 0.3) is 6.08 Å². The maximum atomic E-state index is 12.7. The molecule has 0 fully saturated rings. The summed E-state index contributed by atoms with van der Waals surface area (Å²) < 4.78 is 15.6. The van der Waals surface area contributed by atoms with Gasteiger partial charge in [0.2, 0.25) is 12.7 Å². The zero-order valence-corrected chi connectivity index (χ0v) is 15.0. The second-order valence-electron chi connectivity index (χ2n) is 5.95. The first kappa shape index (κ1) is 16.7. The fraction of sp³-hybridized carbons (Fsp3) is 0.263. The van der Waals surface area contributed by atoms with Gasteiger partial charge in [0.1, 0.15) is 0 Å². The van der Waals surface area contributed by atoms with Crippen molar-refractivity contribution in [2.24, 2.45) is 0 Å². The van der Waals surface area contributed by atoms with Gasteiger partial charge in [0, 0.05) is 17.5 Å². The van der Waals surface area contributed by atoms with Crippen molar-refractivity contribution in [1.29, 1.82) is 0 Å². The van der Waals surface area contributed by atoms with E-state index in [-0.39, 0.29) is 12.7 Å². The Labute approximate surface area is 154 Å². The predicted octanol–water partition coefficient (Wildman–Crippen LogP) is 2.79. The van der Waals surface area contributed by atoms with Crippen molar-refractivity contribution in [2.75, 3.05) is 20.4 Å². The number of rotatable bonds is 3. The lowest BCUT2D eigenvalue weighted by Gasteiger charge is -2.33. The van der Waals surface area contributed by atoms with Crippen LogP contribution in [0, 0.1) is 0 Å². The summed E-state index contributed by atoms with van der Waals surface area (Å²) in [5, 5.41) is 1.94. The molecule has 0 saturated carbocycles. The molecule has 0 spiro atoms. The summed E-state index contributed by atoms with van der Waals surface area (Å²) in [5.41, 5.74) is 1.68. The number of carbonyl (C=O) groups excluding carboxylic acids is 2. The molecule has 4 rings (SSSR count). The van der Waals surface area contributed by atoms with Crippen molar-refractivity contribution in [1.82, 2.24) is 4.90 Å². The molecule has 1 aromatic carbocycles. The molecule has 0 aliphatic carbocycles. The number of methoxy groups -OCH3 is 1. The van der Waals surface area contributed by atoms with Crippen LogP contribution in [-0.4, -0.2) is 37.2 Å². The highest BCUT2D eigenvalue weighted by Crippen LogP contribution is 2.35. The van der Waals surface area contributed by atoms with Crippen molar-refractivity contribution < 1.29 is 23.8 Å². The molecule has 6 nitrogen and oxygen atoms in total. The summed E-state index contributed by atoms with van der Waals surface area (Å²) in [6, 6.07) is 6.67. The molecule has 134 valence electrons. The van der Waals surface area contributed by atoms with Gasteiger partial charge in [-0.25, -0.2) is 4.79 Å². The third-order valence-electron chi connectivity index (χ3n) is 4.49. The van der Waals surface area contributed by atoms with Crippen LogP contribution in [0.15, 0.2) is 35.7 Å². The number of carbonyl (C=O) groups is 2. The van der Waals surface area contributed by atoms with Gasteiger partial charge in [0.25, 0.3) is 0 Å². The number of ether oxygens (including phenoxy) is 3. The molecule has 1 atom stereocenters. The Kier molecular flexibility index (Phi) is 4.38. The van der Waals surface area contributed by atoms with Crippen molar-refractivity contribution in [2.45, 2.75) is 12.5 Å². The van der Waals surface area contributed by atoms with E-state index in [0.29, 0.717) is 18.0 Å². The van der Waals surface area contributed by atoms with Gasteiger partial charge < -0.3 is 19.1 Å². The molecule has 2 aromatic rings. The number of fused-ring (bicyclic) bond motifs is 2. The highest BCUT2D eigenvalue weighted by Gasteiger charge is 2.36. The van der Waals surface area contributed by atoms with E-state index in [1.807, 2.05) is 29.6 Å². The monoisotopic (exact) mass is 371 g/mol. The third kappa shape index (κ3) is 2.94. The average Bonchev–Trinajstić information content (AvgIpc) is 3.32. The van der Waals surface area contributed by atoms with E-state index in [1.165, 1.54) is 13.2 Å². The zero-order chi connectivity index (χ0) is 18.1. The van der Waals surface area contributed by atoms with E-state index in [2.05, 4.69) is 0 Å². The number of esters is 1. The number of benzene rings is 1. The van der Waals surface area contributed by atoms with E-state index in [1.54, 1.807) is 22.3 Å². The van der Waals surface area contributed by atoms with Gasteiger partial charge in [-0.2, -0.15) is 0 Å². The van der Waals surface area contributed by atoms with Gasteiger partial charge in [-0.1, -0.05) is 6.07 Å². The van der Waals surface area contributed by atoms with Crippen LogP contribution in [0.1, 0.15) is 22.0 Å². The standard InChI is InChI=1S/C19H17NO5S/c1-23-19(22)18-13-7-9-26-16(13)6-8-20(18)17(21)5-3-12-2-4-14-15(10-12)25-11-24-14/h2-5,7,9-10,18H,6,8,11H2,1H3/b5-3+/t18-/m1/s1. The van der Waals surface area contributed by atoms with E-state index in [0.717, 1.165) is 22.4 Å². The fourth-order valence-corrected chi connectivity index (χ4v) is 4.10. The minimum Gasteiger partial charge on any atom is -0.467 e. The van der Waals surface area contributed by atoms with E-state index < -0.39 is 12.0 Å². The molecular weight excluding hydrogens is 354 g/mol. The van der Waals surface area contributed by atoms with Gasteiger partial charge in [-0.3, -0.25) is 4.79 Å². The minimum atomic E-state index is -0.691. The van der Waals surface area contributed by atoms with E-state index in [4.69, 9.17) is 14.2 Å². The second-order valence-corrected chi connectivity index (χ2v) is 6.95. The molecule has 0 bridgehead atoms. The van der Waals surface area contributed by atoms with Crippen LogP contribution in [-0.2, 0) is 20.7 Å². The van der Waals surface area contributed by atoms with E-state index in [9.17, 15) is 9.59 Å². The third-order valence-corrected chi connectivity index (χ3v) is 5.48.